The number of rotatable bonds is 7. The molecule has 0 radical (unpaired) electrons. The average molecular weight is 250 g/mol. The van der Waals surface area contributed by atoms with Crippen LogP contribution < -0.4 is 16.6 Å². The number of pyridine rings is 1. The zero-order chi connectivity index (χ0) is 13.2. The van der Waals surface area contributed by atoms with Gasteiger partial charge in [-0.2, -0.15) is 0 Å². The third kappa shape index (κ3) is 5.40. The molecule has 98 valence electrons. The van der Waals surface area contributed by atoms with Gasteiger partial charge in [-0.05, 0) is 25.0 Å². The number of amides is 2. The second kappa shape index (κ2) is 8.19. The van der Waals surface area contributed by atoms with E-state index in [-0.39, 0.29) is 11.8 Å². The Morgan fingerprint density at radius 2 is 1.89 bits per heavy atom. The minimum absolute atomic E-state index is 0.0999. The van der Waals surface area contributed by atoms with Crippen LogP contribution in [0.15, 0.2) is 24.5 Å². The van der Waals surface area contributed by atoms with Crippen molar-refractivity contribution in [3.05, 3.63) is 30.1 Å². The lowest BCUT2D eigenvalue weighted by atomic mass is 10.2. The molecule has 0 aliphatic rings. The smallest absolute Gasteiger partial charge is 0.251 e. The number of carbonyl (C=O) groups is 2. The predicted octanol–water partition coefficient (Wildman–Crippen LogP) is 0.362. The lowest BCUT2D eigenvalue weighted by Gasteiger charge is -2.04. The largest absolute Gasteiger partial charge is 0.352 e. The first-order chi connectivity index (χ1) is 8.74. The Balaban J connectivity index is 2.08. The Hall–Kier alpha value is -1.95. The van der Waals surface area contributed by atoms with Gasteiger partial charge in [0.1, 0.15) is 0 Å². The minimum Gasteiger partial charge on any atom is -0.352 e. The number of nitrogens with two attached hydrogens (primary N) is 1. The second-order valence-corrected chi connectivity index (χ2v) is 3.87. The van der Waals surface area contributed by atoms with Gasteiger partial charge in [-0.3, -0.25) is 20.0 Å². The zero-order valence-electron chi connectivity index (χ0n) is 10.2. The number of carbonyl (C=O) groups excluding carboxylic acids is 2. The molecule has 0 aliphatic carbocycles. The van der Waals surface area contributed by atoms with E-state index >= 15 is 0 Å². The normalized spacial score (nSPS) is 9.83. The Kier molecular flexibility index (Phi) is 6.42. The molecule has 2 amide bonds. The summed E-state index contributed by atoms with van der Waals surface area (Å²) in [6, 6.07) is 3.34. The van der Waals surface area contributed by atoms with Gasteiger partial charge in [-0.15, -0.1) is 0 Å². The fraction of sp³-hybridized carbons (Fsp3) is 0.417. The van der Waals surface area contributed by atoms with Crippen molar-refractivity contribution in [1.29, 1.82) is 0 Å². The highest BCUT2D eigenvalue weighted by atomic mass is 16.2. The summed E-state index contributed by atoms with van der Waals surface area (Å²) in [7, 11) is 0. The van der Waals surface area contributed by atoms with E-state index in [4.69, 9.17) is 5.84 Å². The Bertz CT molecular complexity index is 381. The molecule has 18 heavy (non-hydrogen) atoms. The maximum Gasteiger partial charge on any atom is 0.251 e. The summed E-state index contributed by atoms with van der Waals surface area (Å²) in [5.41, 5.74) is 2.69. The maximum atomic E-state index is 11.6. The summed E-state index contributed by atoms with van der Waals surface area (Å²) in [5.74, 6) is 4.70. The van der Waals surface area contributed by atoms with Crippen molar-refractivity contribution < 1.29 is 9.59 Å². The van der Waals surface area contributed by atoms with E-state index in [0.29, 0.717) is 18.5 Å². The number of nitrogens with zero attached hydrogens (tertiary/aromatic N) is 1. The standard InChI is InChI=1S/C12H18N4O2/c13-16-11(17)4-2-1-3-7-15-12(18)10-5-8-14-9-6-10/h5-6,8-9H,1-4,7,13H2,(H,15,18)(H,16,17). The lowest BCUT2D eigenvalue weighted by Crippen LogP contribution is -2.29. The summed E-state index contributed by atoms with van der Waals surface area (Å²) in [4.78, 5) is 26.3. The van der Waals surface area contributed by atoms with Crippen molar-refractivity contribution in [3.63, 3.8) is 0 Å². The maximum absolute atomic E-state index is 11.6. The summed E-state index contributed by atoms with van der Waals surface area (Å²) < 4.78 is 0. The highest BCUT2D eigenvalue weighted by Gasteiger charge is 2.03. The molecule has 1 rings (SSSR count). The second-order valence-electron chi connectivity index (χ2n) is 3.87. The molecule has 0 unspecified atom stereocenters. The molecule has 1 heterocycles. The average Bonchev–Trinajstić information content (AvgIpc) is 2.43. The van der Waals surface area contributed by atoms with E-state index in [2.05, 4.69) is 15.7 Å². The van der Waals surface area contributed by atoms with Crippen molar-refractivity contribution in [2.75, 3.05) is 6.54 Å². The summed E-state index contributed by atoms with van der Waals surface area (Å²) in [6.07, 6.45) is 6.09. The molecule has 0 saturated heterocycles. The van der Waals surface area contributed by atoms with Crippen molar-refractivity contribution in [2.45, 2.75) is 25.7 Å². The number of hydrogen-bond acceptors (Lipinski definition) is 4. The zero-order valence-corrected chi connectivity index (χ0v) is 10.2. The first kappa shape index (κ1) is 14.1. The number of unbranched alkanes of at least 4 members (excludes halogenated alkanes) is 2. The molecule has 0 saturated carbocycles. The van der Waals surface area contributed by atoms with Crippen LogP contribution in [0.3, 0.4) is 0 Å². The molecule has 0 fully saturated rings. The number of aromatic nitrogens is 1. The van der Waals surface area contributed by atoms with E-state index < -0.39 is 0 Å². The van der Waals surface area contributed by atoms with Gasteiger partial charge >= 0.3 is 0 Å². The number of hydrogen-bond donors (Lipinski definition) is 3. The van der Waals surface area contributed by atoms with Crippen LogP contribution in [0.25, 0.3) is 0 Å². The molecule has 0 aromatic carbocycles. The fourth-order valence-electron chi connectivity index (χ4n) is 1.47. The van der Waals surface area contributed by atoms with Gasteiger partial charge in [0.15, 0.2) is 0 Å². The van der Waals surface area contributed by atoms with Gasteiger partial charge in [0.2, 0.25) is 5.91 Å². The van der Waals surface area contributed by atoms with Gasteiger partial charge in [0.25, 0.3) is 5.91 Å². The van der Waals surface area contributed by atoms with Crippen LogP contribution in [-0.2, 0) is 4.79 Å². The van der Waals surface area contributed by atoms with Crippen LogP contribution in [-0.4, -0.2) is 23.3 Å². The number of hydrazine groups is 1. The molecular formula is C12H18N4O2. The van der Waals surface area contributed by atoms with Crippen LogP contribution >= 0.6 is 0 Å². The highest BCUT2D eigenvalue weighted by Crippen LogP contribution is 2.00. The molecular weight excluding hydrogens is 232 g/mol. The molecule has 0 aliphatic heterocycles. The molecule has 4 N–H and O–H groups in total. The molecule has 0 bridgehead atoms. The molecule has 6 nitrogen and oxygen atoms in total. The van der Waals surface area contributed by atoms with Gasteiger partial charge in [-0.25, -0.2) is 5.84 Å². The lowest BCUT2D eigenvalue weighted by molar-refractivity contribution is -0.121. The van der Waals surface area contributed by atoms with Crippen molar-refractivity contribution in [1.82, 2.24) is 15.7 Å². The third-order valence-electron chi connectivity index (χ3n) is 2.47. The predicted molar refractivity (Wildman–Crippen MR) is 67.4 cm³/mol. The van der Waals surface area contributed by atoms with Crippen LogP contribution in [0.1, 0.15) is 36.0 Å². The van der Waals surface area contributed by atoms with E-state index in [1.165, 1.54) is 0 Å². The molecule has 1 aromatic heterocycles. The highest BCUT2D eigenvalue weighted by molar-refractivity contribution is 5.93. The van der Waals surface area contributed by atoms with Crippen LogP contribution in [0, 0.1) is 0 Å². The molecule has 1 aromatic rings. The Morgan fingerprint density at radius 1 is 1.17 bits per heavy atom. The number of nitrogens with one attached hydrogen (secondary N) is 2. The van der Waals surface area contributed by atoms with Gasteiger partial charge in [0, 0.05) is 30.9 Å². The van der Waals surface area contributed by atoms with E-state index in [0.717, 1.165) is 19.3 Å². The first-order valence-electron chi connectivity index (χ1n) is 5.91. The topological polar surface area (TPSA) is 97.1 Å². The fourth-order valence-corrected chi connectivity index (χ4v) is 1.47. The van der Waals surface area contributed by atoms with Gasteiger partial charge in [-0.1, -0.05) is 6.42 Å². The first-order valence-corrected chi connectivity index (χ1v) is 5.91. The Morgan fingerprint density at radius 3 is 2.56 bits per heavy atom. The van der Waals surface area contributed by atoms with Crippen LogP contribution in [0.5, 0.6) is 0 Å². The van der Waals surface area contributed by atoms with Crippen molar-refractivity contribution in [2.24, 2.45) is 5.84 Å². The quantitative estimate of drug-likeness (QED) is 0.282. The summed E-state index contributed by atoms with van der Waals surface area (Å²) in [6.45, 7) is 0.603. The van der Waals surface area contributed by atoms with Crippen LogP contribution in [0.4, 0.5) is 0 Å². The van der Waals surface area contributed by atoms with Crippen molar-refractivity contribution >= 4 is 11.8 Å². The van der Waals surface area contributed by atoms with Gasteiger partial charge < -0.3 is 5.32 Å². The van der Waals surface area contributed by atoms with Crippen LogP contribution in [0.2, 0.25) is 0 Å². The summed E-state index contributed by atoms with van der Waals surface area (Å²) >= 11 is 0. The Labute approximate surface area is 106 Å². The van der Waals surface area contributed by atoms with Gasteiger partial charge in [0.05, 0.1) is 0 Å². The van der Waals surface area contributed by atoms with E-state index in [1.54, 1.807) is 24.5 Å². The van der Waals surface area contributed by atoms with Crippen molar-refractivity contribution in [3.8, 4) is 0 Å². The SMILES string of the molecule is NNC(=O)CCCCCNC(=O)c1ccncc1. The minimum atomic E-state index is -0.157. The molecule has 0 atom stereocenters. The summed E-state index contributed by atoms with van der Waals surface area (Å²) in [5, 5.41) is 2.81. The van der Waals surface area contributed by atoms with E-state index in [9.17, 15) is 9.59 Å². The van der Waals surface area contributed by atoms with E-state index in [1.807, 2.05) is 0 Å². The molecule has 6 heteroatoms. The molecule has 0 spiro atoms. The monoisotopic (exact) mass is 250 g/mol. The third-order valence-corrected chi connectivity index (χ3v) is 2.47.